The van der Waals surface area contributed by atoms with Crippen molar-refractivity contribution in [2.45, 2.75) is 54.4 Å². The number of rotatable bonds is 4. The van der Waals surface area contributed by atoms with Gasteiger partial charge < -0.3 is 0 Å². The summed E-state index contributed by atoms with van der Waals surface area (Å²) in [6, 6.07) is 0. The standard InChI is InChI=1S/C9H20.CH4/c1-5-8(3)7-9(4)6-2;/h8-9H,5-7H2,1-4H3;1H4/t8-,9-;/m0./s1. The van der Waals surface area contributed by atoms with E-state index in [1.807, 2.05) is 0 Å². The molecule has 0 rings (SSSR count). The van der Waals surface area contributed by atoms with Crippen molar-refractivity contribution in [3.05, 3.63) is 0 Å². The minimum Gasteiger partial charge on any atom is -0.0776 e. The molecule has 0 bridgehead atoms. The first kappa shape index (κ1) is 12.7. The average molecular weight is 144 g/mol. The molecule has 0 heterocycles. The molecule has 0 aliphatic rings. The second-order valence-corrected chi connectivity index (χ2v) is 3.26. The van der Waals surface area contributed by atoms with E-state index in [0.29, 0.717) is 0 Å². The molecule has 0 aromatic rings. The van der Waals surface area contributed by atoms with Gasteiger partial charge in [-0.15, -0.1) is 0 Å². The van der Waals surface area contributed by atoms with Gasteiger partial charge >= 0.3 is 0 Å². The van der Waals surface area contributed by atoms with E-state index in [9.17, 15) is 0 Å². The van der Waals surface area contributed by atoms with Crippen LogP contribution in [-0.2, 0) is 0 Å². The van der Waals surface area contributed by atoms with E-state index in [1.165, 1.54) is 19.3 Å². The zero-order valence-electron chi connectivity index (χ0n) is 7.28. The molecule has 0 aliphatic heterocycles. The van der Waals surface area contributed by atoms with Crippen LogP contribution in [0.25, 0.3) is 0 Å². The fraction of sp³-hybridized carbons (Fsp3) is 1.00. The van der Waals surface area contributed by atoms with Gasteiger partial charge in [0.2, 0.25) is 0 Å². The smallest absolute Gasteiger partial charge is 0.0443 e. The lowest BCUT2D eigenvalue weighted by Gasteiger charge is -2.12. The van der Waals surface area contributed by atoms with Gasteiger partial charge in [0.1, 0.15) is 0 Å². The Balaban J connectivity index is 0. The maximum atomic E-state index is 2.34. The highest BCUT2D eigenvalue weighted by Gasteiger charge is 2.03. The van der Waals surface area contributed by atoms with Crippen LogP contribution in [0.5, 0.6) is 0 Å². The van der Waals surface area contributed by atoms with Crippen LogP contribution in [0.2, 0.25) is 0 Å². The zero-order valence-corrected chi connectivity index (χ0v) is 7.28. The molecule has 0 heteroatoms. The van der Waals surface area contributed by atoms with Crippen molar-refractivity contribution in [1.82, 2.24) is 0 Å². The molecule has 0 saturated carbocycles. The summed E-state index contributed by atoms with van der Waals surface area (Å²) in [7, 11) is 0. The summed E-state index contributed by atoms with van der Waals surface area (Å²) >= 11 is 0. The summed E-state index contributed by atoms with van der Waals surface area (Å²) in [5, 5.41) is 0. The van der Waals surface area contributed by atoms with Crippen molar-refractivity contribution in [1.29, 1.82) is 0 Å². The zero-order chi connectivity index (χ0) is 7.28. The molecule has 64 valence electrons. The van der Waals surface area contributed by atoms with Crippen molar-refractivity contribution >= 4 is 0 Å². The van der Waals surface area contributed by atoms with Gasteiger partial charge in [-0.3, -0.25) is 0 Å². The van der Waals surface area contributed by atoms with Gasteiger partial charge in [-0.25, -0.2) is 0 Å². The van der Waals surface area contributed by atoms with Crippen molar-refractivity contribution in [2.75, 3.05) is 0 Å². The largest absolute Gasteiger partial charge is 0.0776 e. The molecule has 0 aromatic carbocycles. The Bertz CT molecular complexity index is 49.1. The molecule has 2 atom stereocenters. The topological polar surface area (TPSA) is 0 Å². The molecule has 0 amide bonds. The lowest BCUT2D eigenvalue weighted by Crippen LogP contribution is -2.00. The molecular formula is C10H24. The van der Waals surface area contributed by atoms with Crippen LogP contribution < -0.4 is 0 Å². The van der Waals surface area contributed by atoms with Gasteiger partial charge in [0.25, 0.3) is 0 Å². The monoisotopic (exact) mass is 144 g/mol. The van der Waals surface area contributed by atoms with Crippen LogP contribution in [0.3, 0.4) is 0 Å². The fourth-order valence-corrected chi connectivity index (χ4v) is 1.02. The van der Waals surface area contributed by atoms with Crippen LogP contribution >= 0.6 is 0 Å². The van der Waals surface area contributed by atoms with E-state index in [4.69, 9.17) is 0 Å². The van der Waals surface area contributed by atoms with Gasteiger partial charge in [-0.1, -0.05) is 48.0 Å². The van der Waals surface area contributed by atoms with Crippen LogP contribution in [0, 0.1) is 11.8 Å². The summed E-state index contributed by atoms with van der Waals surface area (Å²) in [6.07, 6.45) is 4.08. The number of hydrogen-bond donors (Lipinski definition) is 0. The Labute approximate surface area is 67.0 Å². The van der Waals surface area contributed by atoms with Crippen molar-refractivity contribution in [2.24, 2.45) is 11.8 Å². The normalized spacial score (nSPS) is 15.6. The highest BCUT2D eigenvalue weighted by molar-refractivity contribution is 4.55. The minimum atomic E-state index is 0. The lowest BCUT2D eigenvalue weighted by atomic mass is 9.94. The summed E-state index contributed by atoms with van der Waals surface area (Å²) in [6.45, 7) is 9.22. The van der Waals surface area contributed by atoms with E-state index in [-0.39, 0.29) is 7.43 Å². The molecule has 0 radical (unpaired) electrons. The summed E-state index contributed by atoms with van der Waals surface area (Å²) < 4.78 is 0. The highest BCUT2D eigenvalue weighted by atomic mass is 14.1. The lowest BCUT2D eigenvalue weighted by molar-refractivity contribution is 0.397. The third kappa shape index (κ3) is 6.12. The maximum absolute atomic E-state index is 2.34. The predicted octanol–water partition coefficient (Wildman–Crippen LogP) is 4.10. The van der Waals surface area contributed by atoms with Crippen molar-refractivity contribution in [3.8, 4) is 0 Å². The molecule has 0 spiro atoms. The second kappa shape index (κ2) is 7.11. The molecular weight excluding hydrogens is 120 g/mol. The quantitative estimate of drug-likeness (QED) is 0.557. The molecule has 0 saturated heterocycles. The molecule has 0 unspecified atom stereocenters. The van der Waals surface area contributed by atoms with E-state index >= 15 is 0 Å². The minimum absolute atomic E-state index is 0. The first-order chi connectivity index (χ1) is 4.20. The number of hydrogen-bond acceptors (Lipinski definition) is 0. The highest BCUT2D eigenvalue weighted by Crippen LogP contribution is 2.16. The first-order valence-electron chi connectivity index (χ1n) is 4.20. The summed E-state index contributed by atoms with van der Waals surface area (Å²) in [5.74, 6) is 1.86. The summed E-state index contributed by atoms with van der Waals surface area (Å²) in [5.41, 5.74) is 0. The average Bonchev–Trinajstić information content (AvgIpc) is 1.87. The molecule has 0 N–H and O–H groups in total. The first-order valence-corrected chi connectivity index (χ1v) is 4.20. The summed E-state index contributed by atoms with van der Waals surface area (Å²) in [4.78, 5) is 0. The molecule has 0 fully saturated rings. The van der Waals surface area contributed by atoms with E-state index in [2.05, 4.69) is 27.7 Å². The van der Waals surface area contributed by atoms with Crippen LogP contribution in [0.15, 0.2) is 0 Å². The van der Waals surface area contributed by atoms with Gasteiger partial charge in [0, 0.05) is 0 Å². The maximum Gasteiger partial charge on any atom is -0.0443 e. The molecule has 10 heavy (non-hydrogen) atoms. The van der Waals surface area contributed by atoms with Crippen LogP contribution in [0.4, 0.5) is 0 Å². The van der Waals surface area contributed by atoms with Crippen molar-refractivity contribution < 1.29 is 0 Å². The third-order valence-corrected chi connectivity index (χ3v) is 2.20. The SMILES string of the molecule is C.CC[C@H](C)C[C@@H](C)CC. The fourth-order valence-electron chi connectivity index (χ4n) is 1.02. The Kier molecular flexibility index (Phi) is 9.00. The van der Waals surface area contributed by atoms with E-state index in [0.717, 1.165) is 11.8 Å². The van der Waals surface area contributed by atoms with Crippen molar-refractivity contribution in [3.63, 3.8) is 0 Å². The molecule has 0 aromatic heterocycles. The Hall–Kier alpha value is 0. The Morgan fingerprint density at radius 2 is 1.20 bits per heavy atom. The predicted molar refractivity (Wildman–Crippen MR) is 50.3 cm³/mol. The molecule has 0 nitrogen and oxygen atoms in total. The molecule has 0 aliphatic carbocycles. The Morgan fingerprint density at radius 3 is 1.40 bits per heavy atom. The van der Waals surface area contributed by atoms with Crippen LogP contribution in [-0.4, -0.2) is 0 Å². The second-order valence-electron chi connectivity index (χ2n) is 3.26. The van der Waals surface area contributed by atoms with E-state index < -0.39 is 0 Å². The van der Waals surface area contributed by atoms with Gasteiger partial charge in [-0.2, -0.15) is 0 Å². The van der Waals surface area contributed by atoms with Gasteiger partial charge in [-0.05, 0) is 18.3 Å². The van der Waals surface area contributed by atoms with E-state index in [1.54, 1.807) is 0 Å². The van der Waals surface area contributed by atoms with Gasteiger partial charge in [0.15, 0.2) is 0 Å². The van der Waals surface area contributed by atoms with Gasteiger partial charge in [0.05, 0.1) is 0 Å². The van der Waals surface area contributed by atoms with Crippen LogP contribution in [0.1, 0.15) is 54.4 Å². The third-order valence-electron chi connectivity index (χ3n) is 2.20. The Morgan fingerprint density at radius 1 is 0.900 bits per heavy atom.